The highest BCUT2D eigenvalue weighted by molar-refractivity contribution is 7.80. The van der Waals surface area contributed by atoms with Gasteiger partial charge in [0, 0.05) is 11.3 Å². The van der Waals surface area contributed by atoms with Crippen LogP contribution >= 0.6 is 12.2 Å². The summed E-state index contributed by atoms with van der Waals surface area (Å²) in [5, 5.41) is 6.76. The molecule has 1 atom stereocenters. The summed E-state index contributed by atoms with van der Waals surface area (Å²) < 4.78 is 0. The number of rotatable bonds is 3. The monoisotopic (exact) mass is 288 g/mol. The van der Waals surface area contributed by atoms with Crippen LogP contribution in [0.1, 0.15) is 50.8 Å². The molecule has 3 nitrogen and oxygen atoms in total. The Bertz CT molecular complexity index is 573. The van der Waals surface area contributed by atoms with Crippen LogP contribution < -0.4 is 10.6 Å². The summed E-state index contributed by atoms with van der Waals surface area (Å²) >= 11 is 5.20. The van der Waals surface area contributed by atoms with E-state index in [-0.39, 0.29) is 11.8 Å². The van der Waals surface area contributed by atoms with E-state index in [2.05, 4.69) is 48.7 Å². The van der Waals surface area contributed by atoms with E-state index in [1.54, 1.807) is 6.92 Å². The van der Waals surface area contributed by atoms with Crippen LogP contribution in [0.2, 0.25) is 0 Å². The maximum Gasteiger partial charge on any atom is 0.171 e. The minimum atomic E-state index is -0.164. The molecule has 1 aliphatic heterocycles. The Balaban J connectivity index is 2.41. The molecule has 1 aromatic rings. The van der Waals surface area contributed by atoms with Gasteiger partial charge in [0.1, 0.15) is 0 Å². The first-order valence-corrected chi connectivity index (χ1v) is 7.20. The highest BCUT2D eigenvalue weighted by atomic mass is 32.1. The minimum absolute atomic E-state index is 0.0583. The molecule has 2 N–H and O–H groups in total. The fourth-order valence-electron chi connectivity index (χ4n) is 2.48. The molecule has 0 aromatic heterocycles. The molecule has 0 saturated carbocycles. The van der Waals surface area contributed by atoms with E-state index in [0.29, 0.717) is 11.0 Å². The number of hydrogen-bond donors (Lipinski definition) is 2. The standard InChI is InChI=1S/C16H20N2OS/c1-9(2)12-5-7-13(8-6-12)15-14(11(4)19)10(3)17-16(20)18-15/h5-9,15H,1-4H3,(H2,17,18,20)/t15-/m0/s1. The minimum Gasteiger partial charge on any atom is -0.351 e. The quantitative estimate of drug-likeness (QED) is 0.838. The number of nitrogens with one attached hydrogen (secondary N) is 2. The van der Waals surface area contributed by atoms with Crippen molar-refractivity contribution in [3.63, 3.8) is 0 Å². The molecule has 4 heteroatoms. The number of ketones is 1. The van der Waals surface area contributed by atoms with Crippen molar-refractivity contribution in [2.24, 2.45) is 0 Å². The Labute approximate surface area is 125 Å². The molecule has 0 aliphatic carbocycles. The van der Waals surface area contributed by atoms with Crippen LogP contribution in [0.15, 0.2) is 35.5 Å². The molecule has 2 rings (SSSR count). The average molecular weight is 288 g/mol. The van der Waals surface area contributed by atoms with Gasteiger partial charge >= 0.3 is 0 Å². The smallest absolute Gasteiger partial charge is 0.171 e. The molecule has 1 heterocycles. The number of benzene rings is 1. The summed E-state index contributed by atoms with van der Waals surface area (Å²) in [6.45, 7) is 7.81. The SMILES string of the molecule is CC(=O)C1=C(C)NC(=S)N[C@H]1c1ccc(C(C)C)cc1. The predicted molar refractivity (Wildman–Crippen MR) is 85.5 cm³/mol. The van der Waals surface area contributed by atoms with Crippen molar-refractivity contribution in [1.82, 2.24) is 10.6 Å². The third kappa shape index (κ3) is 2.90. The van der Waals surface area contributed by atoms with Gasteiger partial charge in [0.05, 0.1) is 6.04 Å². The summed E-state index contributed by atoms with van der Waals surface area (Å²) in [5.74, 6) is 0.554. The molecular formula is C16H20N2OS. The van der Waals surface area contributed by atoms with Gasteiger partial charge in [0.25, 0.3) is 0 Å². The van der Waals surface area contributed by atoms with Crippen molar-refractivity contribution in [3.8, 4) is 0 Å². The van der Waals surface area contributed by atoms with E-state index in [1.807, 2.05) is 6.92 Å². The molecule has 106 valence electrons. The molecule has 20 heavy (non-hydrogen) atoms. The molecule has 0 radical (unpaired) electrons. The van der Waals surface area contributed by atoms with Gasteiger partial charge in [-0.1, -0.05) is 38.1 Å². The van der Waals surface area contributed by atoms with Crippen LogP contribution in [0.3, 0.4) is 0 Å². The zero-order valence-corrected chi connectivity index (χ0v) is 13.1. The van der Waals surface area contributed by atoms with Gasteiger partial charge in [-0.3, -0.25) is 4.79 Å². The summed E-state index contributed by atoms with van der Waals surface area (Å²) in [6, 6.07) is 8.19. The molecule has 1 aliphatic rings. The van der Waals surface area contributed by atoms with Gasteiger partial charge in [-0.15, -0.1) is 0 Å². The maximum absolute atomic E-state index is 11.9. The first-order chi connectivity index (χ1) is 9.40. The molecule has 0 fully saturated rings. The zero-order valence-electron chi connectivity index (χ0n) is 12.3. The van der Waals surface area contributed by atoms with Crippen molar-refractivity contribution in [2.45, 2.75) is 39.7 Å². The summed E-state index contributed by atoms with van der Waals surface area (Å²) in [4.78, 5) is 11.9. The van der Waals surface area contributed by atoms with Crippen LogP contribution in [0.5, 0.6) is 0 Å². The number of allylic oxidation sites excluding steroid dienone is 1. The number of Topliss-reactive ketones (excluding diaryl/α,β-unsaturated/α-hetero) is 1. The van der Waals surface area contributed by atoms with Gasteiger partial charge in [-0.25, -0.2) is 0 Å². The lowest BCUT2D eigenvalue weighted by atomic mass is 9.91. The van der Waals surface area contributed by atoms with Crippen molar-refractivity contribution < 1.29 is 4.79 Å². The Hall–Kier alpha value is -1.68. The fourth-order valence-corrected chi connectivity index (χ4v) is 2.76. The van der Waals surface area contributed by atoms with Crippen molar-refractivity contribution in [1.29, 1.82) is 0 Å². The van der Waals surface area contributed by atoms with Gasteiger partial charge in [-0.05, 0) is 43.1 Å². The Kier molecular flexibility index (Phi) is 4.23. The van der Waals surface area contributed by atoms with Crippen LogP contribution in [0.4, 0.5) is 0 Å². The first-order valence-electron chi connectivity index (χ1n) is 6.79. The molecule has 0 saturated heterocycles. The number of thiocarbonyl (C=S) groups is 1. The molecule has 1 aromatic carbocycles. The lowest BCUT2D eigenvalue weighted by Crippen LogP contribution is -2.44. The normalized spacial score (nSPS) is 18.9. The second kappa shape index (κ2) is 5.75. The van der Waals surface area contributed by atoms with E-state index in [0.717, 1.165) is 16.8 Å². The lowest BCUT2D eigenvalue weighted by Gasteiger charge is -2.30. The molecule has 0 bridgehead atoms. The molecule has 0 amide bonds. The third-order valence-corrected chi connectivity index (χ3v) is 3.80. The van der Waals surface area contributed by atoms with Gasteiger partial charge in [0.2, 0.25) is 0 Å². The zero-order chi connectivity index (χ0) is 14.9. The second-order valence-electron chi connectivity index (χ2n) is 5.45. The topological polar surface area (TPSA) is 41.1 Å². The van der Waals surface area contributed by atoms with E-state index in [1.165, 1.54) is 5.56 Å². The van der Waals surface area contributed by atoms with Crippen LogP contribution in [0, 0.1) is 0 Å². The number of carbonyl (C=O) groups is 1. The Morgan fingerprint density at radius 1 is 1.25 bits per heavy atom. The highest BCUT2D eigenvalue weighted by Gasteiger charge is 2.27. The predicted octanol–water partition coefficient (Wildman–Crippen LogP) is 3.19. The van der Waals surface area contributed by atoms with Crippen molar-refractivity contribution in [3.05, 3.63) is 46.7 Å². The van der Waals surface area contributed by atoms with E-state index < -0.39 is 0 Å². The van der Waals surface area contributed by atoms with Crippen molar-refractivity contribution in [2.75, 3.05) is 0 Å². The molecule has 0 spiro atoms. The number of hydrogen-bond acceptors (Lipinski definition) is 2. The molecule has 0 unspecified atom stereocenters. The van der Waals surface area contributed by atoms with E-state index in [4.69, 9.17) is 12.2 Å². The molecular weight excluding hydrogens is 268 g/mol. The van der Waals surface area contributed by atoms with E-state index in [9.17, 15) is 4.79 Å². The van der Waals surface area contributed by atoms with E-state index >= 15 is 0 Å². The first kappa shape index (κ1) is 14.7. The van der Waals surface area contributed by atoms with Crippen LogP contribution in [-0.4, -0.2) is 10.9 Å². The van der Waals surface area contributed by atoms with Gasteiger partial charge in [0.15, 0.2) is 10.9 Å². The summed E-state index contributed by atoms with van der Waals surface area (Å²) in [7, 11) is 0. The Morgan fingerprint density at radius 3 is 2.35 bits per heavy atom. The summed E-state index contributed by atoms with van der Waals surface area (Å²) in [5.41, 5.74) is 3.92. The Morgan fingerprint density at radius 2 is 1.85 bits per heavy atom. The third-order valence-electron chi connectivity index (χ3n) is 3.58. The van der Waals surface area contributed by atoms with Crippen LogP contribution in [-0.2, 0) is 4.79 Å². The number of carbonyl (C=O) groups excluding carboxylic acids is 1. The van der Waals surface area contributed by atoms with Crippen molar-refractivity contribution >= 4 is 23.1 Å². The fraction of sp³-hybridized carbons (Fsp3) is 0.375. The average Bonchev–Trinajstić information content (AvgIpc) is 2.37. The maximum atomic E-state index is 11.9. The highest BCUT2D eigenvalue weighted by Crippen LogP contribution is 2.28. The summed E-state index contributed by atoms with van der Waals surface area (Å²) in [6.07, 6.45) is 0. The lowest BCUT2D eigenvalue weighted by molar-refractivity contribution is -0.114. The largest absolute Gasteiger partial charge is 0.351 e. The van der Waals surface area contributed by atoms with Gasteiger partial charge in [-0.2, -0.15) is 0 Å². The second-order valence-corrected chi connectivity index (χ2v) is 5.86. The van der Waals surface area contributed by atoms with Gasteiger partial charge < -0.3 is 10.6 Å². The van der Waals surface area contributed by atoms with Crippen LogP contribution in [0.25, 0.3) is 0 Å².